The average Bonchev–Trinajstić information content (AvgIpc) is 3.37. The molecule has 3 aliphatic carbocycles. The van der Waals surface area contributed by atoms with Crippen molar-refractivity contribution in [3.63, 3.8) is 0 Å². The minimum atomic E-state index is 0.0999. The van der Waals surface area contributed by atoms with E-state index >= 15 is 0 Å². The number of fused-ring (bicyclic) bond motifs is 3. The van der Waals surface area contributed by atoms with Crippen LogP contribution in [0.4, 0.5) is 0 Å². The molecule has 176 valence electrons. The highest BCUT2D eigenvalue weighted by Crippen LogP contribution is 2.59. The van der Waals surface area contributed by atoms with Gasteiger partial charge < -0.3 is 15.1 Å². The molecule has 6 rings (SSSR count). The lowest BCUT2D eigenvalue weighted by molar-refractivity contribution is -0.124. The third kappa shape index (κ3) is 4.61. The number of carbonyl (C=O) groups is 1. The Hall–Kier alpha value is -2.17. The molecule has 1 heterocycles. The van der Waals surface area contributed by atoms with E-state index in [4.69, 9.17) is 0 Å². The van der Waals surface area contributed by atoms with E-state index in [-0.39, 0.29) is 17.5 Å². The van der Waals surface area contributed by atoms with Crippen molar-refractivity contribution in [2.75, 3.05) is 33.7 Å². The zero-order chi connectivity index (χ0) is 22.8. The van der Waals surface area contributed by atoms with Gasteiger partial charge in [-0.3, -0.25) is 4.79 Å². The highest BCUT2D eigenvalue weighted by molar-refractivity contribution is 5.76. The fraction of sp³-hybridized carbons (Fsp3) is 0.552. The lowest BCUT2D eigenvalue weighted by Crippen LogP contribution is -2.64. The topological polar surface area (TPSA) is 35.6 Å². The molecule has 1 amide bonds. The van der Waals surface area contributed by atoms with Crippen molar-refractivity contribution in [1.82, 2.24) is 15.1 Å². The summed E-state index contributed by atoms with van der Waals surface area (Å²) in [5.41, 5.74) is 2.94. The van der Waals surface area contributed by atoms with Gasteiger partial charge >= 0.3 is 0 Å². The predicted molar refractivity (Wildman–Crippen MR) is 134 cm³/mol. The normalized spacial score (nSPS) is 31.7. The summed E-state index contributed by atoms with van der Waals surface area (Å²) in [6, 6.07) is 22.3. The maximum absolute atomic E-state index is 13.2. The van der Waals surface area contributed by atoms with Crippen LogP contribution in [0.3, 0.4) is 0 Å². The van der Waals surface area contributed by atoms with Gasteiger partial charge in [0.15, 0.2) is 0 Å². The molecule has 1 N–H and O–H groups in total. The lowest BCUT2D eigenvalue weighted by atomic mass is 9.51. The van der Waals surface area contributed by atoms with Crippen LogP contribution >= 0.6 is 0 Å². The number of carbonyl (C=O) groups excluding carboxylic acids is 1. The Morgan fingerprint density at radius 2 is 1.45 bits per heavy atom. The molecule has 33 heavy (non-hydrogen) atoms. The van der Waals surface area contributed by atoms with Gasteiger partial charge in [0, 0.05) is 24.5 Å². The summed E-state index contributed by atoms with van der Waals surface area (Å²) in [6.45, 7) is 3.19. The lowest BCUT2D eigenvalue weighted by Gasteiger charge is -2.61. The van der Waals surface area contributed by atoms with Crippen LogP contribution in [0.5, 0.6) is 0 Å². The standard InChI is InChI=1S/C29H39N3O/c1-31(2)29-19-24(22-11-5-3-6-12-22)28(25(20-29)23-13-7-4-8-14-23)26(21-29)30-27(33)15-18-32-16-9-10-17-32/h3-8,11-14,24-26,28H,9-10,15-21H2,1-2H3,(H,30,33). The quantitative estimate of drug-likeness (QED) is 0.674. The van der Waals surface area contributed by atoms with Gasteiger partial charge in [0.1, 0.15) is 0 Å². The summed E-state index contributed by atoms with van der Waals surface area (Å²) < 4.78 is 0. The van der Waals surface area contributed by atoms with Crippen LogP contribution in [-0.2, 0) is 4.79 Å². The van der Waals surface area contributed by atoms with Gasteiger partial charge in [-0.1, -0.05) is 60.7 Å². The number of nitrogens with one attached hydrogen (secondary N) is 1. The smallest absolute Gasteiger partial charge is 0.221 e. The zero-order valence-corrected chi connectivity index (χ0v) is 20.2. The van der Waals surface area contributed by atoms with Crippen molar-refractivity contribution in [2.24, 2.45) is 5.92 Å². The molecule has 4 nitrogen and oxygen atoms in total. The van der Waals surface area contributed by atoms with Crippen molar-refractivity contribution < 1.29 is 4.79 Å². The van der Waals surface area contributed by atoms with Crippen molar-refractivity contribution in [3.8, 4) is 0 Å². The van der Waals surface area contributed by atoms with Crippen LogP contribution in [0.15, 0.2) is 60.7 Å². The van der Waals surface area contributed by atoms with E-state index in [1.807, 2.05) is 0 Å². The van der Waals surface area contributed by atoms with Crippen LogP contribution in [0.25, 0.3) is 0 Å². The van der Waals surface area contributed by atoms with Crippen LogP contribution < -0.4 is 5.32 Å². The maximum atomic E-state index is 13.2. The van der Waals surface area contributed by atoms with Crippen LogP contribution in [0.2, 0.25) is 0 Å². The number of benzene rings is 2. The fourth-order valence-corrected chi connectivity index (χ4v) is 7.05. The molecule has 4 aliphatic rings. The van der Waals surface area contributed by atoms with Gasteiger partial charge in [0.05, 0.1) is 0 Å². The van der Waals surface area contributed by atoms with E-state index in [9.17, 15) is 4.79 Å². The summed E-state index contributed by atoms with van der Waals surface area (Å²) in [4.78, 5) is 18.0. The van der Waals surface area contributed by atoms with E-state index in [0.29, 0.717) is 24.2 Å². The summed E-state index contributed by atoms with van der Waals surface area (Å²) in [5.74, 6) is 1.55. The molecule has 4 fully saturated rings. The van der Waals surface area contributed by atoms with Crippen LogP contribution in [-0.4, -0.2) is 61.0 Å². The molecule has 2 aromatic rings. The summed E-state index contributed by atoms with van der Waals surface area (Å²) in [5, 5.41) is 3.56. The van der Waals surface area contributed by atoms with E-state index in [1.165, 1.54) is 24.0 Å². The molecule has 0 radical (unpaired) electrons. The molecular weight excluding hydrogens is 406 g/mol. The van der Waals surface area contributed by atoms with Gasteiger partial charge in [0.2, 0.25) is 5.91 Å². The first-order valence-electron chi connectivity index (χ1n) is 12.8. The van der Waals surface area contributed by atoms with E-state index in [1.54, 1.807) is 0 Å². The van der Waals surface area contributed by atoms with Crippen molar-refractivity contribution in [1.29, 1.82) is 0 Å². The second-order valence-electron chi connectivity index (χ2n) is 10.8. The Labute approximate surface area is 199 Å². The first-order valence-corrected chi connectivity index (χ1v) is 12.8. The highest BCUT2D eigenvalue weighted by Gasteiger charge is 2.57. The molecule has 4 heteroatoms. The zero-order valence-electron chi connectivity index (χ0n) is 20.2. The number of hydrogen-bond donors (Lipinski definition) is 1. The van der Waals surface area contributed by atoms with Gasteiger partial charge in [-0.2, -0.15) is 0 Å². The third-order valence-electron chi connectivity index (χ3n) is 8.80. The monoisotopic (exact) mass is 445 g/mol. The van der Waals surface area contributed by atoms with Gasteiger partial charge in [-0.25, -0.2) is 0 Å². The Bertz CT molecular complexity index is 873. The Kier molecular flexibility index (Phi) is 6.58. The summed E-state index contributed by atoms with van der Waals surface area (Å²) >= 11 is 0. The molecule has 1 saturated heterocycles. The van der Waals surface area contributed by atoms with Crippen LogP contribution in [0, 0.1) is 5.92 Å². The molecule has 0 aromatic heterocycles. The van der Waals surface area contributed by atoms with E-state index in [2.05, 4.69) is 89.9 Å². The minimum absolute atomic E-state index is 0.0999. The molecule has 0 spiro atoms. The summed E-state index contributed by atoms with van der Waals surface area (Å²) in [7, 11) is 4.48. The predicted octanol–water partition coefficient (Wildman–Crippen LogP) is 4.64. The average molecular weight is 446 g/mol. The molecule has 2 bridgehead atoms. The SMILES string of the molecule is CN(C)C12CC(NC(=O)CCN3CCCC3)C(C(c3ccccc3)C1)C(c1ccccc1)C2. The number of hydrogen-bond acceptors (Lipinski definition) is 3. The second kappa shape index (κ2) is 9.60. The molecule has 3 unspecified atom stereocenters. The molecule has 1 aliphatic heterocycles. The van der Waals surface area contributed by atoms with E-state index < -0.39 is 0 Å². The Morgan fingerprint density at radius 1 is 0.909 bits per heavy atom. The molecule has 3 atom stereocenters. The Morgan fingerprint density at radius 3 is 1.97 bits per heavy atom. The maximum Gasteiger partial charge on any atom is 0.221 e. The van der Waals surface area contributed by atoms with Gasteiger partial charge in [0.25, 0.3) is 0 Å². The highest BCUT2D eigenvalue weighted by atomic mass is 16.1. The minimum Gasteiger partial charge on any atom is -0.353 e. The van der Waals surface area contributed by atoms with Crippen molar-refractivity contribution in [2.45, 2.75) is 61.9 Å². The molecular formula is C29H39N3O. The first kappa shape index (κ1) is 22.6. The third-order valence-corrected chi connectivity index (χ3v) is 8.80. The molecule has 2 aromatic carbocycles. The first-order chi connectivity index (χ1) is 16.1. The number of amides is 1. The largest absolute Gasteiger partial charge is 0.353 e. The fourth-order valence-electron chi connectivity index (χ4n) is 7.05. The Balaban J connectivity index is 1.45. The van der Waals surface area contributed by atoms with Crippen molar-refractivity contribution >= 4 is 5.91 Å². The summed E-state index contributed by atoms with van der Waals surface area (Å²) in [6.07, 6.45) is 6.54. The van der Waals surface area contributed by atoms with Crippen molar-refractivity contribution in [3.05, 3.63) is 71.8 Å². The van der Waals surface area contributed by atoms with Crippen LogP contribution in [0.1, 0.15) is 61.5 Å². The van der Waals surface area contributed by atoms with E-state index in [0.717, 1.165) is 38.9 Å². The van der Waals surface area contributed by atoms with Gasteiger partial charge in [-0.15, -0.1) is 0 Å². The number of likely N-dealkylation sites (tertiary alicyclic amines) is 1. The second-order valence-corrected chi connectivity index (χ2v) is 10.8. The number of nitrogens with zero attached hydrogens (tertiary/aromatic N) is 2. The van der Waals surface area contributed by atoms with Gasteiger partial charge in [-0.05, 0) is 88.2 Å². The molecule has 3 saturated carbocycles. The number of rotatable bonds is 7.